The van der Waals surface area contributed by atoms with E-state index < -0.39 is 17.7 Å². The molecule has 24 heavy (non-hydrogen) atoms. The zero-order valence-electron chi connectivity index (χ0n) is 15.3. The molecule has 6 nitrogen and oxygen atoms in total. The third-order valence-corrected chi connectivity index (χ3v) is 3.58. The summed E-state index contributed by atoms with van der Waals surface area (Å²) in [7, 11) is 1.59. The number of hydrogen-bond acceptors (Lipinski definition) is 4. The van der Waals surface area contributed by atoms with E-state index in [2.05, 4.69) is 10.6 Å². The lowest BCUT2D eigenvalue weighted by atomic mass is 9.94. The topological polar surface area (TPSA) is 87.7 Å². The van der Waals surface area contributed by atoms with Gasteiger partial charge in [-0.1, -0.05) is 0 Å². The Labute approximate surface area is 143 Å². The van der Waals surface area contributed by atoms with Crippen molar-refractivity contribution in [3.63, 3.8) is 0 Å². The maximum atomic E-state index is 11.9. The van der Waals surface area contributed by atoms with Crippen molar-refractivity contribution in [2.75, 3.05) is 13.7 Å². The zero-order valence-corrected chi connectivity index (χ0v) is 15.3. The number of nitrogens with one attached hydrogen (secondary N) is 2. The number of hydrogen-bond donors (Lipinski definition) is 3. The lowest BCUT2D eigenvalue weighted by Crippen LogP contribution is -2.42. The van der Waals surface area contributed by atoms with Crippen LogP contribution in [0.2, 0.25) is 0 Å². The smallest absolute Gasteiger partial charge is 0.407 e. The van der Waals surface area contributed by atoms with E-state index in [4.69, 9.17) is 4.74 Å². The van der Waals surface area contributed by atoms with Gasteiger partial charge < -0.3 is 20.5 Å². The minimum Gasteiger partial charge on any atom is -0.444 e. The molecule has 0 saturated carbocycles. The van der Waals surface area contributed by atoms with Crippen LogP contribution in [0.1, 0.15) is 47.8 Å². The van der Waals surface area contributed by atoms with Gasteiger partial charge in [0.25, 0.3) is 5.91 Å². The molecule has 0 aliphatic carbocycles. The van der Waals surface area contributed by atoms with Crippen molar-refractivity contribution < 1.29 is 19.4 Å². The fraction of sp³-hybridized carbons (Fsp3) is 0.556. The minimum absolute atomic E-state index is 0.140. The molecule has 0 aliphatic heterocycles. The Kier molecular flexibility index (Phi) is 6.78. The molecule has 1 atom stereocenters. The van der Waals surface area contributed by atoms with E-state index in [0.717, 1.165) is 16.7 Å². The number of alkyl carbamates (subject to hydrolysis) is 1. The summed E-state index contributed by atoms with van der Waals surface area (Å²) >= 11 is 0. The summed E-state index contributed by atoms with van der Waals surface area (Å²) in [6.45, 7) is 8.98. The monoisotopic (exact) mass is 336 g/mol. The van der Waals surface area contributed by atoms with Crippen LogP contribution in [0, 0.1) is 13.8 Å². The van der Waals surface area contributed by atoms with Crippen LogP contribution in [0.5, 0.6) is 0 Å². The number of benzene rings is 1. The standard InChI is InChI=1S/C18H28N2O4/c1-11-7-13(16(22)19-6)8-12(2)15(11)9-14(10-21)20-17(23)24-18(3,4)5/h7-8,14,21H,9-10H2,1-6H3,(H,19,22)(H,20,23)/t14-/m0/s1. The molecule has 0 spiro atoms. The molecule has 3 N–H and O–H groups in total. The van der Waals surface area contributed by atoms with Crippen LogP contribution in [0.15, 0.2) is 12.1 Å². The van der Waals surface area contributed by atoms with Crippen molar-refractivity contribution in [3.8, 4) is 0 Å². The average molecular weight is 336 g/mol. The van der Waals surface area contributed by atoms with Gasteiger partial charge in [0, 0.05) is 12.6 Å². The van der Waals surface area contributed by atoms with E-state index in [1.807, 2.05) is 26.0 Å². The van der Waals surface area contributed by atoms with Crippen molar-refractivity contribution in [2.24, 2.45) is 0 Å². The second-order valence-corrected chi connectivity index (χ2v) is 6.90. The number of aliphatic hydroxyl groups is 1. The molecule has 134 valence electrons. The van der Waals surface area contributed by atoms with Crippen LogP contribution >= 0.6 is 0 Å². The third-order valence-electron chi connectivity index (χ3n) is 3.58. The van der Waals surface area contributed by atoms with Crippen molar-refractivity contribution in [3.05, 3.63) is 34.4 Å². The van der Waals surface area contributed by atoms with Crippen LogP contribution in [0.25, 0.3) is 0 Å². The van der Waals surface area contributed by atoms with Gasteiger partial charge in [-0.3, -0.25) is 4.79 Å². The van der Waals surface area contributed by atoms with Gasteiger partial charge in [0.2, 0.25) is 0 Å². The van der Waals surface area contributed by atoms with Gasteiger partial charge >= 0.3 is 6.09 Å². The number of aliphatic hydroxyl groups excluding tert-OH is 1. The van der Waals surface area contributed by atoms with E-state index in [1.54, 1.807) is 27.8 Å². The Morgan fingerprint density at radius 2 is 1.75 bits per heavy atom. The molecular formula is C18H28N2O4. The largest absolute Gasteiger partial charge is 0.444 e. The van der Waals surface area contributed by atoms with Gasteiger partial charge in [0.1, 0.15) is 5.60 Å². The Balaban J connectivity index is 2.89. The lowest BCUT2D eigenvalue weighted by Gasteiger charge is -2.23. The molecule has 1 aromatic carbocycles. The first-order valence-electron chi connectivity index (χ1n) is 8.00. The average Bonchev–Trinajstić information content (AvgIpc) is 2.46. The van der Waals surface area contributed by atoms with Crippen molar-refractivity contribution >= 4 is 12.0 Å². The summed E-state index contributed by atoms with van der Waals surface area (Å²) in [4.78, 5) is 23.6. The fourth-order valence-electron chi connectivity index (χ4n) is 2.47. The van der Waals surface area contributed by atoms with Crippen LogP contribution in [0.4, 0.5) is 4.79 Å². The summed E-state index contributed by atoms with van der Waals surface area (Å²) in [5.74, 6) is -0.140. The number of rotatable bonds is 5. The highest BCUT2D eigenvalue weighted by atomic mass is 16.6. The van der Waals surface area contributed by atoms with Gasteiger partial charge in [-0.05, 0) is 69.9 Å². The molecule has 1 aromatic rings. The first-order valence-corrected chi connectivity index (χ1v) is 8.00. The second kappa shape index (κ2) is 8.15. The molecule has 0 bridgehead atoms. The van der Waals surface area contributed by atoms with Gasteiger partial charge in [0.15, 0.2) is 0 Å². The van der Waals surface area contributed by atoms with Crippen molar-refractivity contribution in [1.29, 1.82) is 0 Å². The number of amides is 2. The maximum Gasteiger partial charge on any atom is 0.407 e. The quantitative estimate of drug-likeness (QED) is 0.768. The van der Waals surface area contributed by atoms with Crippen LogP contribution in [-0.2, 0) is 11.2 Å². The van der Waals surface area contributed by atoms with E-state index in [0.29, 0.717) is 12.0 Å². The lowest BCUT2D eigenvalue weighted by molar-refractivity contribution is 0.0482. The Hall–Kier alpha value is -2.08. The van der Waals surface area contributed by atoms with E-state index >= 15 is 0 Å². The molecule has 0 radical (unpaired) electrons. The molecule has 0 unspecified atom stereocenters. The highest BCUT2D eigenvalue weighted by Gasteiger charge is 2.20. The number of carbonyl (C=O) groups is 2. The molecule has 0 saturated heterocycles. The summed E-state index contributed by atoms with van der Waals surface area (Å²) in [6, 6.07) is 3.16. The first kappa shape index (κ1) is 20.0. The van der Waals surface area contributed by atoms with Crippen LogP contribution in [-0.4, -0.2) is 42.4 Å². The Bertz CT molecular complexity index is 583. The third kappa shape index (κ3) is 5.85. The maximum absolute atomic E-state index is 11.9. The molecule has 0 fully saturated rings. The zero-order chi connectivity index (χ0) is 18.5. The SMILES string of the molecule is CNC(=O)c1cc(C)c(C[C@@H](CO)NC(=O)OC(C)(C)C)c(C)c1. The number of aryl methyl sites for hydroxylation is 2. The van der Waals surface area contributed by atoms with Crippen molar-refractivity contribution in [1.82, 2.24) is 10.6 Å². The van der Waals surface area contributed by atoms with Gasteiger partial charge in [-0.2, -0.15) is 0 Å². The van der Waals surface area contributed by atoms with E-state index in [9.17, 15) is 14.7 Å². The molecule has 0 heterocycles. The van der Waals surface area contributed by atoms with E-state index in [-0.39, 0.29) is 12.5 Å². The van der Waals surface area contributed by atoms with Gasteiger partial charge in [-0.15, -0.1) is 0 Å². The van der Waals surface area contributed by atoms with Crippen LogP contribution in [0.3, 0.4) is 0 Å². The summed E-state index contributed by atoms with van der Waals surface area (Å²) in [5.41, 5.74) is 2.89. The summed E-state index contributed by atoms with van der Waals surface area (Å²) in [5, 5.41) is 14.8. The summed E-state index contributed by atoms with van der Waals surface area (Å²) in [6.07, 6.45) is -0.0969. The van der Waals surface area contributed by atoms with Gasteiger partial charge in [0.05, 0.1) is 12.6 Å². The number of carbonyl (C=O) groups excluding carboxylic acids is 2. The number of ether oxygens (including phenoxy) is 1. The molecule has 1 rings (SSSR count). The predicted molar refractivity (Wildman–Crippen MR) is 93.3 cm³/mol. The van der Waals surface area contributed by atoms with Crippen LogP contribution < -0.4 is 10.6 Å². The molecule has 2 amide bonds. The highest BCUT2D eigenvalue weighted by molar-refractivity contribution is 5.94. The highest BCUT2D eigenvalue weighted by Crippen LogP contribution is 2.19. The first-order chi connectivity index (χ1) is 11.1. The normalized spacial score (nSPS) is 12.5. The van der Waals surface area contributed by atoms with Crippen molar-refractivity contribution in [2.45, 2.75) is 52.7 Å². The summed E-state index contributed by atoms with van der Waals surface area (Å²) < 4.78 is 5.22. The van der Waals surface area contributed by atoms with Gasteiger partial charge in [-0.25, -0.2) is 4.79 Å². The molecule has 0 aliphatic rings. The predicted octanol–water partition coefficient (Wildman–Crippen LogP) is 2.09. The Morgan fingerprint density at radius 1 is 1.21 bits per heavy atom. The molecule has 0 aromatic heterocycles. The minimum atomic E-state index is -0.592. The molecule has 6 heteroatoms. The molecular weight excluding hydrogens is 308 g/mol. The fourth-order valence-corrected chi connectivity index (χ4v) is 2.47. The second-order valence-electron chi connectivity index (χ2n) is 6.90. The Morgan fingerprint density at radius 3 is 2.17 bits per heavy atom. The van der Waals surface area contributed by atoms with E-state index in [1.165, 1.54) is 0 Å².